The molecule has 1 aromatic rings. The van der Waals surface area contributed by atoms with E-state index in [-0.39, 0.29) is 42.2 Å². The number of cyclic esters (lactones) is 1. The van der Waals surface area contributed by atoms with Crippen LogP contribution in [0.5, 0.6) is 0 Å². The van der Waals surface area contributed by atoms with Gasteiger partial charge in [0.25, 0.3) is 0 Å². The highest BCUT2D eigenvalue weighted by Gasteiger charge is 2.42. The van der Waals surface area contributed by atoms with Crippen LogP contribution in [0.25, 0.3) is 0 Å². The lowest BCUT2D eigenvalue weighted by molar-refractivity contribution is -0.189. The number of hydrogen-bond acceptors (Lipinski definition) is 6. The summed E-state index contributed by atoms with van der Waals surface area (Å²) >= 11 is 0. The van der Waals surface area contributed by atoms with Crippen LogP contribution in [0.4, 0.5) is 0 Å². The molecule has 6 heteroatoms. The fourth-order valence-electron chi connectivity index (χ4n) is 5.33. The molecule has 1 N–H and O–H groups in total. The van der Waals surface area contributed by atoms with E-state index < -0.39 is 18.1 Å². The first-order chi connectivity index (χ1) is 16.3. The Morgan fingerprint density at radius 1 is 0.941 bits per heavy atom. The second-order valence-corrected chi connectivity index (χ2v) is 9.97. The highest BCUT2D eigenvalue weighted by Crippen LogP contribution is 2.35. The predicted molar refractivity (Wildman–Crippen MR) is 131 cm³/mol. The van der Waals surface area contributed by atoms with E-state index in [2.05, 4.69) is 26.0 Å². The molecular formula is C28H42O6. The van der Waals surface area contributed by atoms with Crippen LogP contribution >= 0.6 is 0 Å². The Morgan fingerprint density at radius 3 is 2.32 bits per heavy atom. The smallest absolute Gasteiger partial charge is 0.312 e. The Balaban J connectivity index is 1.89. The van der Waals surface area contributed by atoms with Crippen LogP contribution in [0, 0.1) is 17.8 Å². The largest absolute Gasteiger partial charge is 0.457 e. The highest BCUT2D eigenvalue weighted by atomic mass is 16.6. The van der Waals surface area contributed by atoms with Crippen LogP contribution in [0.2, 0.25) is 0 Å². The molecule has 190 valence electrons. The Kier molecular flexibility index (Phi) is 10.1. The third-order valence-electron chi connectivity index (χ3n) is 7.43. The Hall–Kier alpha value is -1.73. The zero-order valence-corrected chi connectivity index (χ0v) is 21.3. The van der Waals surface area contributed by atoms with Crippen molar-refractivity contribution in [1.29, 1.82) is 0 Å². The predicted octanol–water partition coefficient (Wildman–Crippen LogP) is 4.86. The van der Waals surface area contributed by atoms with E-state index in [1.165, 1.54) is 0 Å². The van der Waals surface area contributed by atoms with Crippen molar-refractivity contribution in [2.45, 2.75) is 89.5 Å². The van der Waals surface area contributed by atoms with Gasteiger partial charge in [0.05, 0.1) is 30.3 Å². The number of carbonyl (C=O) groups excluding carboxylic acids is 1. The number of methoxy groups -OCH3 is 2. The van der Waals surface area contributed by atoms with Gasteiger partial charge in [0.15, 0.2) is 0 Å². The highest BCUT2D eigenvalue weighted by molar-refractivity contribution is 5.73. The lowest BCUT2D eigenvalue weighted by atomic mass is 9.82. The molecule has 2 aliphatic heterocycles. The van der Waals surface area contributed by atoms with Gasteiger partial charge in [0, 0.05) is 20.1 Å². The molecule has 1 saturated heterocycles. The molecule has 0 aliphatic carbocycles. The zero-order chi connectivity index (χ0) is 24.7. The number of fused-ring (bicyclic) bond motifs is 2. The van der Waals surface area contributed by atoms with E-state index in [9.17, 15) is 9.90 Å². The summed E-state index contributed by atoms with van der Waals surface area (Å²) in [6.45, 7) is 6.00. The lowest BCUT2D eigenvalue weighted by Crippen LogP contribution is -2.50. The van der Waals surface area contributed by atoms with Crippen molar-refractivity contribution in [1.82, 2.24) is 0 Å². The average Bonchev–Trinajstić information content (AvgIpc) is 2.84. The minimum Gasteiger partial charge on any atom is -0.457 e. The van der Waals surface area contributed by atoms with E-state index in [4.69, 9.17) is 18.9 Å². The van der Waals surface area contributed by atoms with Gasteiger partial charge in [-0.3, -0.25) is 4.79 Å². The standard InChI is InChI=1S/C28H42O6/c1-18-15-16-25(32-5)24(31-4)14-10-9-13-23(21-11-7-6-8-12-21)33-28(30)20(3)27-22(29)17-19(2)26(18)34-27/h6-8,11-12,15-16,18-20,22-27,29H,9-10,13-14,17H2,1-5H3/b16-15+/t18-,19-,20-,22+,23-,24-,25+,26-,27+/m0/s1. The summed E-state index contributed by atoms with van der Waals surface area (Å²) in [4.78, 5) is 13.2. The first-order valence-corrected chi connectivity index (χ1v) is 12.7. The topological polar surface area (TPSA) is 74.2 Å². The molecule has 0 aromatic heterocycles. The number of ether oxygens (including phenoxy) is 4. The summed E-state index contributed by atoms with van der Waals surface area (Å²) in [6.07, 6.45) is 6.21. The van der Waals surface area contributed by atoms with E-state index in [0.29, 0.717) is 6.42 Å². The van der Waals surface area contributed by atoms with Gasteiger partial charge in [-0.05, 0) is 44.1 Å². The monoisotopic (exact) mass is 474 g/mol. The maximum absolute atomic E-state index is 13.2. The number of carbonyl (C=O) groups is 1. The first kappa shape index (κ1) is 26.9. The Labute approximate surface area is 204 Å². The van der Waals surface area contributed by atoms with Crippen molar-refractivity contribution in [2.75, 3.05) is 14.2 Å². The minimum atomic E-state index is -0.705. The van der Waals surface area contributed by atoms with Crippen molar-refractivity contribution in [3.8, 4) is 0 Å². The van der Waals surface area contributed by atoms with Gasteiger partial charge in [0.1, 0.15) is 12.2 Å². The van der Waals surface area contributed by atoms with Crippen molar-refractivity contribution in [3.63, 3.8) is 0 Å². The fourth-order valence-corrected chi connectivity index (χ4v) is 5.33. The molecule has 0 spiro atoms. The van der Waals surface area contributed by atoms with E-state index >= 15 is 0 Å². The summed E-state index contributed by atoms with van der Waals surface area (Å²) in [5.74, 6) is -0.641. The molecule has 6 nitrogen and oxygen atoms in total. The van der Waals surface area contributed by atoms with Gasteiger partial charge in [-0.15, -0.1) is 0 Å². The maximum atomic E-state index is 13.2. The van der Waals surface area contributed by atoms with Crippen molar-refractivity contribution >= 4 is 5.97 Å². The van der Waals surface area contributed by atoms with Crippen LogP contribution in [0.15, 0.2) is 42.5 Å². The first-order valence-electron chi connectivity index (χ1n) is 12.7. The lowest BCUT2D eigenvalue weighted by Gasteiger charge is -2.42. The molecule has 0 radical (unpaired) electrons. The van der Waals surface area contributed by atoms with Gasteiger partial charge >= 0.3 is 5.97 Å². The van der Waals surface area contributed by atoms with Crippen LogP contribution in [-0.4, -0.2) is 55.8 Å². The van der Waals surface area contributed by atoms with E-state index in [1.807, 2.05) is 30.3 Å². The summed E-state index contributed by atoms with van der Waals surface area (Å²) in [6, 6.07) is 9.87. The molecule has 9 atom stereocenters. The van der Waals surface area contributed by atoms with E-state index in [1.54, 1.807) is 21.1 Å². The van der Waals surface area contributed by atoms with Gasteiger partial charge in [-0.2, -0.15) is 0 Å². The maximum Gasteiger partial charge on any atom is 0.312 e. The molecule has 3 rings (SSSR count). The van der Waals surface area contributed by atoms with Crippen LogP contribution in [0.1, 0.15) is 64.5 Å². The number of aliphatic hydroxyl groups excluding tert-OH is 1. The third-order valence-corrected chi connectivity index (χ3v) is 7.43. The third kappa shape index (κ3) is 6.69. The van der Waals surface area contributed by atoms with Gasteiger partial charge < -0.3 is 24.1 Å². The molecule has 0 unspecified atom stereocenters. The zero-order valence-electron chi connectivity index (χ0n) is 21.3. The molecule has 2 bridgehead atoms. The van der Waals surface area contributed by atoms with Crippen molar-refractivity contribution in [2.24, 2.45) is 17.8 Å². The number of rotatable bonds is 3. The van der Waals surface area contributed by atoms with Gasteiger partial charge in [-0.1, -0.05) is 62.8 Å². The number of esters is 1. The Morgan fingerprint density at radius 2 is 1.65 bits per heavy atom. The number of aliphatic hydroxyl groups is 1. The summed E-state index contributed by atoms with van der Waals surface area (Å²) < 4.78 is 24.0. The fraction of sp³-hybridized carbons (Fsp3) is 0.679. The second kappa shape index (κ2) is 12.8. The molecule has 1 fully saturated rings. The number of benzene rings is 1. The molecule has 34 heavy (non-hydrogen) atoms. The molecule has 0 amide bonds. The molecule has 2 heterocycles. The van der Waals surface area contributed by atoms with Gasteiger partial charge in [-0.25, -0.2) is 0 Å². The quantitative estimate of drug-likeness (QED) is 0.498. The van der Waals surface area contributed by atoms with Crippen LogP contribution in [0.3, 0.4) is 0 Å². The summed E-state index contributed by atoms with van der Waals surface area (Å²) in [7, 11) is 3.43. The van der Waals surface area contributed by atoms with Crippen molar-refractivity contribution in [3.05, 3.63) is 48.0 Å². The molecule has 2 aliphatic rings. The molecule has 1 aromatic carbocycles. The molecular weight excluding hydrogens is 432 g/mol. The summed E-state index contributed by atoms with van der Waals surface area (Å²) in [5.41, 5.74) is 0.982. The Bertz CT molecular complexity index is 780. The van der Waals surface area contributed by atoms with E-state index in [0.717, 1.165) is 31.2 Å². The van der Waals surface area contributed by atoms with Crippen LogP contribution < -0.4 is 0 Å². The second-order valence-electron chi connectivity index (χ2n) is 9.97. The average molecular weight is 475 g/mol. The van der Waals surface area contributed by atoms with Crippen molar-refractivity contribution < 1.29 is 28.8 Å². The summed E-state index contributed by atoms with van der Waals surface area (Å²) in [5, 5.41) is 10.8. The molecule has 0 saturated carbocycles. The number of hydrogen-bond donors (Lipinski definition) is 1. The normalized spacial score (nSPS) is 39.2. The minimum absolute atomic E-state index is 0.0571. The van der Waals surface area contributed by atoms with Crippen LogP contribution in [-0.2, 0) is 23.7 Å². The van der Waals surface area contributed by atoms with Gasteiger partial charge in [0.2, 0.25) is 0 Å². The SMILES string of the molecule is CO[C@H]1CCCC[C@@H](c2ccccc2)OC(=O)[C@@H](C)[C@H]2O[C@@H]([C@@H](C)/C=C/[C@H]1OC)[C@@H](C)C[C@H]2O.